The van der Waals surface area contributed by atoms with Gasteiger partial charge in [0, 0.05) is 39.9 Å². The minimum absolute atomic E-state index is 0. The fraction of sp³-hybridized carbons (Fsp3) is 0.929. The van der Waals surface area contributed by atoms with Crippen molar-refractivity contribution >= 4 is 29.9 Å². The lowest BCUT2D eigenvalue weighted by Gasteiger charge is -2.26. The molecule has 1 saturated heterocycles. The molecule has 0 saturated carbocycles. The first-order chi connectivity index (χ1) is 8.77. The van der Waals surface area contributed by atoms with E-state index in [2.05, 4.69) is 36.1 Å². The lowest BCUT2D eigenvalue weighted by molar-refractivity contribution is 0.0625. The Morgan fingerprint density at radius 2 is 2.00 bits per heavy atom. The summed E-state index contributed by atoms with van der Waals surface area (Å²) in [6.07, 6.45) is 4.78. The number of nitrogens with one attached hydrogen (secondary N) is 1. The first kappa shape index (κ1) is 19.0. The zero-order valence-corrected chi connectivity index (χ0v) is 15.0. The van der Waals surface area contributed by atoms with E-state index < -0.39 is 0 Å². The van der Waals surface area contributed by atoms with Gasteiger partial charge in [0.15, 0.2) is 5.96 Å². The average molecular weight is 383 g/mol. The predicted octanol–water partition coefficient (Wildman–Crippen LogP) is 2.73. The Balaban J connectivity index is 0.00000324. The molecule has 0 aromatic rings. The van der Waals surface area contributed by atoms with E-state index in [0.717, 1.165) is 51.1 Å². The van der Waals surface area contributed by atoms with Crippen LogP contribution >= 0.6 is 24.0 Å². The molecule has 0 spiro atoms. The van der Waals surface area contributed by atoms with Gasteiger partial charge >= 0.3 is 0 Å². The topological polar surface area (TPSA) is 36.9 Å². The van der Waals surface area contributed by atoms with Crippen LogP contribution in [-0.4, -0.2) is 50.8 Å². The predicted molar refractivity (Wildman–Crippen MR) is 92.5 cm³/mol. The highest BCUT2D eigenvalue weighted by molar-refractivity contribution is 14.0. The van der Waals surface area contributed by atoms with Crippen LogP contribution in [0.25, 0.3) is 0 Å². The van der Waals surface area contributed by atoms with Crippen molar-refractivity contribution in [1.82, 2.24) is 10.2 Å². The van der Waals surface area contributed by atoms with Gasteiger partial charge in [-0.15, -0.1) is 24.0 Å². The number of nitrogens with zero attached hydrogens (tertiary/aromatic N) is 2. The molecular formula is C14H30IN3O. The fourth-order valence-electron chi connectivity index (χ4n) is 2.20. The molecule has 0 radical (unpaired) electrons. The van der Waals surface area contributed by atoms with E-state index in [0.29, 0.717) is 0 Å². The maximum Gasteiger partial charge on any atom is 0.193 e. The normalized spacial score (nSPS) is 16.9. The maximum atomic E-state index is 5.40. The molecule has 19 heavy (non-hydrogen) atoms. The zero-order valence-electron chi connectivity index (χ0n) is 12.7. The van der Waals surface area contributed by atoms with Gasteiger partial charge < -0.3 is 15.0 Å². The first-order valence-corrected chi connectivity index (χ1v) is 7.35. The number of halogens is 1. The summed E-state index contributed by atoms with van der Waals surface area (Å²) in [6.45, 7) is 9.09. The summed E-state index contributed by atoms with van der Waals surface area (Å²) < 4.78 is 5.40. The van der Waals surface area contributed by atoms with E-state index >= 15 is 0 Å². The summed E-state index contributed by atoms with van der Waals surface area (Å²) in [4.78, 5) is 6.86. The first-order valence-electron chi connectivity index (χ1n) is 7.35. The van der Waals surface area contributed by atoms with Gasteiger partial charge in [0.05, 0.1) is 0 Å². The van der Waals surface area contributed by atoms with Crippen molar-refractivity contribution in [3.8, 4) is 0 Å². The van der Waals surface area contributed by atoms with E-state index in [1.807, 2.05) is 0 Å². The number of hydrogen-bond acceptors (Lipinski definition) is 2. The van der Waals surface area contributed by atoms with Crippen LogP contribution in [0.2, 0.25) is 0 Å². The Morgan fingerprint density at radius 1 is 1.32 bits per heavy atom. The second-order valence-corrected chi connectivity index (χ2v) is 5.00. The van der Waals surface area contributed by atoms with Crippen LogP contribution < -0.4 is 5.32 Å². The number of rotatable bonds is 6. The van der Waals surface area contributed by atoms with E-state index in [-0.39, 0.29) is 24.0 Å². The summed E-state index contributed by atoms with van der Waals surface area (Å²) >= 11 is 0. The Labute approximate surface area is 135 Å². The monoisotopic (exact) mass is 383 g/mol. The van der Waals surface area contributed by atoms with E-state index in [1.54, 1.807) is 0 Å². The summed E-state index contributed by atoms with van der Waals surface area (Å²) in [5.41, 5.74) is 0. The average Bonchev–Trinajstić information content (AvgIpc) is 2.42. The molecule has 0 atom stereocenters. The van der Waals surface area contributed by atoms with Crippen molar-refractivity contribution in [2.24, 2.45) is 10.9 Å². The minimum Gasteiger partial charge on any atom is -0.381 e. The molecule has 1 N–H and O–H groups in total. The van der Waals surface area contributed by atoms with Crippen molar-refractivity contribution in [3.05, 3.63) is 0 Å². The van der Waals surface area contributed by atoms with Crippen molar-refractivity contribution in [1.29, 1.82) is 0 Å². The van der Waals surface area contributed by atoms with Gasteiger partial charge in [-0.05, 0) is 38.5 Å². The number of hydrogen-bond donors (Lipinski definition) is 1. The Morgan fingerprint density at radius 3 is 2.58 bits per heavy atom. The second-order valence-electron chi connectivity index (χ2n) is 5.00. The van der Waals surface area contributed by atoms with Gasteiger partial charge in [-0.1, -0.05) is 6.92 Å². The van der Waals surface area contributed by atoms with Crippen molar-refractivity contribution in [2.45, 2.75) is 39.5 Å². The van der Waals surface area contributed by atoms with E-state index in [1.165, 1.54) is 19.3 Å². The Kier molecular flexibility index (Phi) is 11.7. The minimum atomic E-state index is 0. The summed E-state index contributed by atoms with van der Waals surface area (Å²) in [5.74, 6) is 1.88. The smallest absolute Gasteiger partial charge is 0.193 e. The highest BCUT2D eigenvalue weighted by atomic mass is 127. The molecule has 0 bridgehead atoms. The molecule has 0 aliphatic carbocycles. The van der Waals surface area contributed by atoms with Crippen LogP contribution in [0.15, 0.2) is 4.99 Å². The number of guanidine groups is 1. The van der Waals surface area contributed by atoms with Gasteiger partial charge in [-0.3, -0.25) is 4.99 Å². The fourth-order valence-corrected chi connectivity index (χ4v) is 2.20. The molecule has 1 aliphatic heterocycles. The molecule has 4 nitrogen and oxygen atoms in total. The maximum absolute atomic E-state index is 5.40. The SMILES string of the molecule is CCCN=C(NCC)N(C)CCC1CCOCC1.I. The highest BCUT2D eigenvalue weighted by Gasteiger charge is 2.15. The van der Waals surface area contributed by atoms with E-state index in [9.17, 15) is 0 Å². The molecule has 1 fully saturated rings. The Bertz CT molecular complexity index is 243. The standard InChI is InChI=1S/C14H29N3O.HI/c1-4-9-16-14(15-5-2)17(3)10-6-13-7-11-18-12-8-13;/h13H,4-12H2,1-3H3,(H,15,16);1H. The van der Waals surface area contributed by atoms with Crippen LogP contribution in [0.5, 0.6) is 0 Å². The van der Waals surface area contributed by atoms with Crippen molar-refractivity contribution in [3.63, 3.8) is 0 Å². The van der Waals surface area contributed by atoms with Crippen molar-refractivity contribution in [2.75, 3.05) is 39.9 Å². The highest BCUT2D eigenvalue weighted by Crippen LogP contribution is 2.18. The Hall–Kier alpha value is -0.0400. The summed E-state index contributed by atoms with van der Waals surface area (Å²) in [7, 11) is 2.14. The van der Waals surface area contributed by atoms with Gasteiger partial charge in [0.2, 0.25) is 0 Å². The molecule has 0 aromatic carbocycles. The van der Waals surface area contributed by atoms with Gasteiger partial charge in [-0.25, -0.2) is 0 Å². The number of ether oxygens (including phenoxy) is 1. The third-order valence-electron chi connectivity index (χ3n) is 3.40. The van der Waals surface area contributed by atoms with Gasteiger partial charge in [0.25, 0.3) is 0 Å². The molecule has 5 heteroatoms. The second kappa shape index (κ2) is 11.8. The van der Waals surface area contributed by atoms with Crippen molar-refractivity contribution < 1.29 is 4.74 Å². The largest absolute Gasteiger partial charge is 0.381 e. The van der Waals surface area contributed by atoms with Crippen LogP contribution in [0.3, 0.4) is 0 Å². The van der Waals surface area contributed by atoms with Gasteiger partial charge in [0.1, 0.15) is 0 Å². The van der Waals surface area contributed by atoms with Crippen LogP contribution in [0.1, 0.15) is 39.5 Å². The molecule has 1 aliphatic rings. The molecule has 114 valence electrons. The van der Waals surface area contributed by atoms with Gasteiger partial charge in [-0.2, -0.15) is 0 Å². The zero-order chi connectivity index (χ0) is 13.2. The molecule has 0 aromatic heterocycles. The third-order valence-corrected chi connectivity index (χ3v) is 3.40. The summed E-state index contributed by atoms with van der Waals surface area (Å²) in [5, 5.41) is 3.36. The lowest BCUT2D eigenvalue weighted by Crippen LogP contribution is -2.40. The lowest BCUT2D eigenvalue weighted by atomic mass is 9.96. The molecule has 1 rings (SSSR count). The summed E-state index contributed by atoms with van der Waals surface area (Å²) in [6, 6.07) is 0. The van der Waals surface area contributed by atoms with E-state index in [4.69, 9.17) is 4.74 Å². The van der Waals surface area contributed by atoms with Crippen LogP contribution in [-0.2, 0) is 4.74 Å². The third kappa shape index (κ3) is 7.97. The number of aliphatic imine (C=N–C) groups is 1. The molecule has 0 amide bonds. The molecule has 0 unspecified atom stereocenters. The quantitative estimate of drug-likeness (QED) is 0.435. The molecular weight excluding hydrogens is 353 g/mol. The molecule has 1 heterocycles. The van der Waals surface area contributed by atoms with Crippen LogP contribution in [0.4, 0.5) is 0 Å². The van der Waals surface area contributed by atoms with Crippen LogP contribution in [0, 0.1) is 5.92 Å².